The van der Waals surface area contributed by atoms with Crippen LogP contribution in [0.3, 0.4) is 0 Å². The number of carbonyl (C=O) groups is 1. The molecule has 0 aromatic heterocycles. The molecule has 1 aliphatic heterocycles. The van der Waals surface area contributed by atoms with Crippen LogP contribution in [0.1, 0.15) is 40.2 Å². The first-order valence-electron chi connectivity index (χ1n) is 12.9. The maximum atomic E-state index is 13.5. The van der Waals surface area contributed by atoms with Crippen molar-refractivity contribution in [1.82, 2.24) is 9.80 Å². The Kier molecular flexibility index (Phi) is 10.1. The van der Waals surface area contributed by atoms with Crippen molar-refractivity contribution in [2.75, 3.05) is 53.0 Å². The van der Waals surface area contributed by atoms with E-state index in [0.717, 1.165) is 63.2 Å². The summed E-state index contributed by atoms with van der Waals surface area (Å²) in [6, 6.07) is 18.2. The monoisotopic (exact) mass is 542 g/mol. The second-order valence-electron chi connectivity index (χ2n) is 9.46. The molecule has 1 aliphatic rings. The number of rotatable bonds is 11. The largest absolute Gasteiger partial charge is 0.491 e. The van der Waals surface area contributed by atoms with E-state index in [4.69, 9.17) is 21.1 Å². The summed E-state index contributed by atoms with van der Waals surface area (Å²) < 4.78 is 37.7. The first-order chi connectivity index (χ1) is 18.4. The number of hydrogen-bond acceptors (Lipinski definition) is 5. The lowest BCUT2D eigenvalue weighted by molar-refractivity contribution is 0.0594. The number of hydrogen-bond donors (Lipinski definition) is 0. The lowest BCUT2D eigenvalue weighted by Gasteiger charge is -2.34. The molecule has 0 unspecified atom stereocenters. The van der Waals surface area contributed by atoms with Gasteiger partial charge in [0.25, 0.3) is 0 Å². The zero-order valence-electron chi connectivity index (χ0n) is 21.5. The van der Waals surface area contributed by atoms with Gasteiger partial charge in [0.1, 0.15) is 29.6 Å². The van der Waals surface area contributed by atoms with Crippen LogP contribution in [0.15, 0.2) is 66.7 Å². The van der Waals surface area contributed by atoms with E-state index in [1.165, 1.54) is 31.4 Å². The van der Waals surface area contributed by atoms with E-state index < -0.39 is 5.97 Å². The molecule has 202 valence electrons. The van der Waals surface area contributed by atoms with Crippen LogP contribution in [0.2, 0.25) is 5.02 Å². The quantitative estimate of drug-likeness (QED) is 0.277. The highest BCUT2D eigenvalue weighted by Crippen LogP contribution is 2.30. The van der Waals surface area contributed by atoms with Crippen LogP contribution in [0.5, 0.6) is 5.75 Å². The van der Waals surface area contributed by atoms with Gasteiger partial charge in [-0.25, -0.2) is 13.6 Å². The van der Waals surface area contributed by atoms with E-state index in [0.29, 0.717) is 22.9 Å². The molecule has 4 rings (SSSR count). The Morgan fingerprint density at radius 1 is 0.868 bits per heavy atom. The Morgan fingerprint density at radius 3 is 1.97 bits per heavy atom. The van der Waals surface area contributed by atoms with Gasteiger partial charge < -0.3 is 14.4 Å². The van der Waals surface area contributed by atoms with Gasteiger partial charge in [-0.3, -0.25) is 4.90 Å². The minimum absolute atomic E-state index is 0.0948. The number of esters is 1. The maximum absolute atomic E-state index is 13.5. The standard InChI is InChI=1S/C30H33ClF2N2O3/c1-37-30(36)28-21-24(31)8-13-29(28)38-20-19-35-17-15-34(16-18-35)14-2-3-27(22-4-9-25(32)10-5-22)23-6-11-26(33)12-7-23/h4-13,21,27H,2-3,14-20H2,1H3. The number of piperazine rings is 1. The van der Waals surface area contributed by atoms with Crippen LogP contribution >= 0.6 is 11.6 Å². The van der Waals surface area contributed by atoms with Crippen molar-refractivity contribution in [3.63, 3.8) is 0 Å². The molecule has 3 aromatic rings. The van der Waals surface area contributed by atoms with E-state index in [1.54, 1.807) is 18.2 Å². The normalized spacial score (nSPS) is 14.6. The molecule has 0 saturated carbocycles. The minimum atomic E-state index is -0.475. The Labute approximate surface area is 227 Å². The van der Waals surface area contributed by atoms with Crippen molar-refractivity contribution >= 4 is 17.6 Å². The second-order valence-corrected chi connectivity index (χ2v) is 9.90. The number of nitrogens with zero attached hydrogens (tertiary/aromatic N) is 2. The summed E-state index contributed by atoms with van der Waals surface area (Å²) in [5.74, 6) is -0.426. The summed E-state index contributed by atoms with van der Waals surface area (Å²) >= 11 is 6.01. The molecular weight excluding hydrogens is 510 g/mol. The summed E-state index contributed by atoms with van der Waals surface area (Å²) in [7, 11) is 1.33. The predicted octanol–water partition coefficient (Wildman–Crippen LogP) is 6.01. The second kappa shape index (κ2) is 13.7. The molecule has 0 aliphatic carbocycles. The van der Waals surface area contributed by atoms with Crippen LogP contribution in [-0.4, -0.2) is 68.8 Å². The highest BCUT2D eigenvalue weighted by atomic mass is 35.5. The third kappa shape index (κ3) is 7.76. The molecule has 3 aromatic carbocycles. The van der Waals surface area contributed by atoms with Gasteiger partial charge in [-0.1, -0.05) is 35.9 Å². The van der Waals surface area contributed by atoms with Crippen LogP contribution in [0.4, 0.5) is 8.78 Å². The van der Waals surface area contributed by atoms with E-state index in [-0.39, 0.29) is 17.6 Å². The van der Waals surface area contributed by atoms with Crippen LogP contribution in [-0.2, 0) is 4.74 Å². The van der Waals surface area contributed by atoms with Gasteiger partial charge in [0, 0.05) is 43.7 Å². The number of carbonyl (C=O) groups excluding carboxylic acids is 1. The van der Waals surface area contributed by atoms with Gasteiger partial charge in [-0.15, -0.1) is 0 Å². The van der Waals surface area contributed by atoms with Gasteiger partial charge in [0.15, 0.2) is 0 Å². The molecule has 8 heteroatoms. The lowest BCUT2D eigenvalue weighted by atomic mass is 9.87. The number of ether oxygens (including phenoxy) is 2. The summed E-state index contributed by atoms with van der Waals surface area (Å²) in [4.78, 5) is 16.8. The average molecular weight is 543 g/mol. The molecule has 0 radical (unpaired) electrons. The molecule has 0 bridgehead atoms. The first-order valence-corrected chi connectivity index (χ1v) is 13.3. The summed E-state index contributed by atoms with van der Waals surface area (Å²) in [6.45, 7) is 5.99. The molecule has 1 heterocycles. The Hall–Kier alpha value is -3.00. The van der Waals surface area contributed by atoms with Crippen molar-refractivity contribution in [2.24, 2.45) is 0 Å². The fourth-order valence-electron chi connectivity index (χ4n) is 4.85. The van der Waals surface area contributed by atoms with Gasteiger partial charge >= 0.3 is 5.97 Å². The number of halogens is 3. The topological polar surface area (TPSA) is 42.0 Å². The molecule has 5 nitrogen and oxygen atoms in total. The van der Waals surface area contributed by atoms with E-state index >= 15 is 0 Å². The highest BCUT2D eigenvalue weighted by Gasteiger charge is 2.20. The predicted molar refractivity (Wildman–Crippen MR) is 145 cm³/mol. The molecule has 38 heavy (non-hydrogen) atoms. The summed E-state index contributed by atoms with van der Waals surface area (Å²) in [6.07, 6.45) is 1.88. The molecule has 0 atom stereocenters. The Balaban J connectivity index is 1.23. The van der Waals surface area contributed by atoms with Crippen LogP contribution in [0.25, 0.3) is 0 Å². The molecule has 0 N–H and O–H groups in total. The van der Waals surface area contributed by atoms with E-state index in [9.17, 15) is 13.6 Å². The summed E-state index contributed by atoms with van der Waals surface area (Å²) in [5, 5.41) is 0.454. The van der Waals surface area contributed by atoms with Gasteiger partial charge in [0.2, 0.25) is 0 Å². The Bertz CT molecular complexity index is 1140. The van der Waals surface area contributed by atoms with E-state index in [2.05, 4.69) is 9.80 Å². The van der Waals surface area contributed by atoms with Crippen molar-refractivity contribution in [1.29, 1.82) is 0 Å². The van der Waals surface area contributed by atoms with Crippen molar-refractivity contribution in [3.8, 4) is 5.75 Å². The van der Waals surface area contributed by atoms with Crippen molar-refractivity contribution in [2.45, 2.75) is 18.8 Å². The highest BCUT2D eigenvalue weighted by molar-refractivity contribution is 6.31. The van der Waals surface area contributed by atoms with Gasteiger partial charge in [-0.2, -0.15) is 0 Å². The molecule has 0 spiro atoms. The minimum Gasteiger partial charge on any atom is -0.491 e. The molecular formula is C30H33ClF2N2O3. The average Bonchev–Trinajstić information content (AvgIpc) is 2.93. The van der Waals surface area contributed by atoms with Crippen molar-refractivity contribution < 1.29 is 23.0 Å². The van der Waals surface area contributed by atoms with Crippen molar-refractivity contribution in [3.05, 3.63) is 100 Å². The summed E-state index contributed by atoms with van der Waals surface area (Å²) in [5.41, 5.74) is 2.40. The Morgan fingerprint density at radius 2 is 1.42 bits per heavy atom. The van der Waals surface area contributed by atoms with Gasteiger partial charge in [-0.05, 0) is 73.0 Å². The molecule has 0 amide bonds. The first kappa shape index (κ1) is 28.0. The van der Waals surface area contributed by atoms with Gasteiger partial charge in [0.05, 0.1) is 7.11 Å². The zero-order valence-corrected chi connectivity index (χ0v) is 22.3. The molecule has 1 saturated heterocycles. The smallest absolute Gasteiger partial charge is 0.341 e. The fourth-order valence-corrected chi connectivity index (χ4v) is 5.03. The third-order valence-corrected chi connectivity index (χ3v) is 7.22. The lowest BCUT2D eigenvalue weighted by Crippen LogP contribution is -2.47. The van der Waals surface area contributed by atoms with Crippen LogP contribution < -0.4 is 4.74 Å². The third-order valence-electron chi connectivity index (χ3n) is 6.99. The van der Waals surface area contributed by atoms with E-state index in [1.807, 2.05) is 24.3 Å². The van der Waals surface area contributed by atoms with Crippen LogP contribution in [0, 0.1) is 11.6 Å². The SMILES string of the molecule is COC(=O)c1cc(Cl)ccc1OCCN1CCN(CCCC(c2ccc(F)cc2)c2ccc(F)cc2)CC1. The maximum Gasteiger partial charge on any atom is 0.341 e. The fraction of sp³-hybridized carbons (Fsp3) is 0.367. The number of methoxy groups -OCH3 is 1. The zero-order chi connectivity index (χ0) is 26.9. The number of benzene rings is 3. The molecule has 1 fully saturated rings.